The molecular formula is C14H14F2N6. The maximum absolute atomic E-state index is 13.5. The molecule has 1 saturated heterocycles. The number of hydrogen-bond donors (Lipinski definition) is 1. The van der Waals surface area contributed by atoms with Crippen molar-refractivity contribution in [1.29, 1.82) is 0 Å². The van der Waals surface area contributed by atoms with Crippen LogP contribution in [0.1, 0.15) is 12.1 Å². The molecule has 0 aromatic carbocycles. The van der Waals surface area contributed by atoms with E-state index in [1.807, 2.05) is 6.20 Å². The molecular weight excluding hydrogens is 290 g/mol. The average Bonchev–Trinajstić information content (AvgIpc) is 3.13. The molecule has 6 nitrogen and oxygen atoms in total. The Kier molecular flexibility index (Phi) is 2.85. The lowest BCUT2D eigenvalue weighted by atomic mass is 10.2. The predicted molar refractivity (Wildman–Crippen MR) is 79.2 cm³/mol. The lowest BCUT2D eigenvalue weighted by Crippen LogP contribution is -2.25. The number of halogens is 2. The van der Waals surface area contributed by atoms with Crippen LogP contribution in [-0.4, -0.2) is 46.5 Å². The minimum atomic E-state index is -2.65. The Labute approximate surface area is 125 Å². The monoisotopic (exact) mass is 304 g/mol. The van der Waals surface area contributed by atoms with Gasteiger partial charge in [-0.15, -0.1) is 0 Å². The Balaban J connectivity index is 1.81. The Morgan fingerprint density at radius 3 is 2.95 bits per heavy atom. The highest BCUT2D eigenvalue weighted by molar-refractivity contribution is 6.09. The Bertz CT molecular complexity index is 779. The summed E-state index contributed by atoms with van der Waals surface area (Å²) in [6.07, 6.45) is 6.74. The first-order valence-corrected chi connectivity index (χ1v) is 7.03. The Hall–Kier alpha value is -2.51. The summed E-state index contributed by atoms with van der Waals surface area (Å²) in [5.74, 6) is -2.65. The fraction of sp³-hybridized carbons (Fsp3) is 0.357. The van der Waals surface area contributed by atoms with E-state index in [1.54, 1.807) is 34.1 Å². The third-order valence-corrected chi connectivity index (χ3v) is 3.82. The van der Waals surface area contributed by atoms with Gasteiger partial charge in [0.05, 0.1) is 17.9 Å². The molecule has 4 heterocycles. The summed E-state index contributed by atoms with van der Waals surface area (Å²) in [6.45, 7) is 0.552. The number of fused-ring (bicyclic) bond motifs is 1. The number of aliphatic imine (C=N–C) groups is 1. The zero-order chi connectivity index (χ0) is 15.2. The van der Waals surface area contributed by atoms with Crippen molar-refractivity contribution >= 4 is 23.1 Å². The van der Waals surface area contributed by atoms with Gasteiger partial charge in [0, 0.05) is 43.3 Å². The zero-order valence-corrected chi connectivity index (χ0v) is 11.7. The minimum Gasteiger partial charge on any atom is -0.372 e. The lowest BCUT2D eigenvalue weighted by molar-refractivity contribution is 0.0257. The summed E-state index contributed by atoms with van der Waals surface area (Å²) in [4.78, 5) is 10.1. The van der Waals surface area contributed by atoms with Gasteiger partial charge in [-0.05, 0) is 6.07 Å². The third-order valence-electron chi connectivity index (χ3n) is 3.82. The topological polar surface area (TPSA) is 57.8 Å². The van der Waals surface area contributed by atoms with E-state index < -0.39 is 5.92 Å². The van der Waals surface area contributed by atoms with E-state index >= 15 is 0 Å². The molecule has 2 aliphatic heterocycles. The number of imidazole rings is 1. The molecule has 1 fully saturated rings. The SMILES string of the molecule is FC1(F)CCN(c2cc(C3=CNCN=C3)nn3ccnc23)C1. The summed E-state index contributed by atoms with van der Waals surface area (Å²) in [7, 11) is 0. The highest BCUT2D eigenvalue weighted by atomic mass is 19.3. The van der Waals surface area contributed by atoms with Gasteiger partial charge in [-0.3, -0.25) is 4.99 Å². The molecule has 22 heavy (non-hydrogen) atoms. The summed E-state index contributed by atoms with van der Waals surface area (Å²) in [6, 6.07) is 1.80. The molecule has 2 aromatic heterocycles. The smallest absolute Gasteiger partial charge is 0.266 e. The number of allylic oxidation sites excluding steroid dienone is 1. The third kappa shape index (κ3) is 2.20. The van der Waals surface area contributed by atoms with Crippen LogP contribution in [0.4, 0.5) is 14.5 Å². The minimum absolute atomic E-state index is 0.136. The van der Waals surface area contributed by atoms with Crippen LogP contribution in [-0.2, 0) is 0 Å². The van der Waals surface area contributed by atoms with Crippen molar-refractivity contribution in [3.8, 4) is 0 Å². The highest BCUT2D eigenvalue weighted by Crippen LogP contribution is 2.33. The summed E-state index contributed by atoms with van der Waals surface area (Å²) in [5, 5.41) is 7.49. The number of aromatic nitrogens is 3. The fourth-order valence-electron chi connectivity index (χ4n) is 2.74. The van der Waals surface area contributed by atoms with E-state index in [4.69, 9.17) is 0 Å². The summed E-state index contributed by atoms with van der Waals surface area (Å²) >= 11 is 0. The molecule has 0 saturated carbocycles. The van der Waals surface area contributed by atoms with Crippen LogP contribution in [0.25, 0.3) is 11.2 Å². The van der Waals surface area contributed by atoms with Crippen molar-refractivity contribution in [3.63, 3.8) is 0 Å². The molecule has 0 spiro atoms. The summed E-state index contributed by atoms with van der Waals surface area (Å²) < 4.78 is 28.7. The van der Waals surface area contributed by atoms with E-state index in [9.17, 15) is 8.78 Å². The standard InChI is InChI=1S/C14H14F2N6/c15-14(16)1-3-21(8-14)12-5-11(10-6-17-9-18-7-10)20-22-4-2-19-13(12)22/h2,4-7,17H,1,3,8-9H2. The first-order chi connectivity index (χ1) is 10.6. The van der Waals surface area contributed by atoms with E-state index in [0.717, 1.165) is 5.57 Å². The Morgan fingerprint density at radius 2 is 2.23 bits per heavy atom. The van der Waals surface area contributed by atoms with Crippen LogP contribution >= 0.6 is 0 Å². The molecule has 1 N–H and O–H groups in total. The largest absolute Gasteiger partial charge is 0.372 e. The van der Waals surface area contributed by atoms with Crippen LogP contribution in [0, 0.1) is 0 Å². The van der Waals surface area contributed by atoms with Crippen molar-refractivity contribution in [2.45, 2.75) is 12.3 Å². The molecule has 0 unspecified atom stereocenters. The van der Waals surface area contributed by atoms with E-state index in [1.165, 1.54) is 0 Å². The van der Waals surface area contributed by atoms with Crippen LogP contribution in [0.2, 0.25) is 0 Å². The molecule has 8 heteroatoms. The number of nitrogens with zero attached hydrogens (tertiary/aromatic N) is 5. The van der Waals surface area contributed by atoms with E-state index in [2.05, 4.69) is 20.4 Å². The molecule has 0 atom stereocenters. The van der Waals surface area contributed by atoms with Crippen molar-refractivity contribution in [2.75, 3.05) is 24.7 Å². The normalized spacial score (nSPS) is 20.3. The van der Waals surface area contributed by atoms with Gasteiger partial charge in [0.1, 0.15) is 6.67 Å². The van der Waals surface area contributed by atoms with Gasteiger partial charge in [0.2, 0.25) is 0 Å². The van der Waals surface area contributed by atoms with E-state index in [-0.39, 0.29) is 13.0 Å². The molecule has 0 amide bonds. The predicted octanol–water partition coefficient (Wildman–Crippen LogP) is 1.55. The molecule has 2 aromatic rings. The van der Waals surface area contributed by atoms with Crippen molar-refractivity contribution in [1.82, 2.24) is 19.9 Å². The van der Waals surface area contributed by atoms with Crippen LogP contribution in [0.3, 0.4) is 0 Å². The number of rotatable bonds is 2. The maximum Gasteiger partial charge on any atom is 0.266 e. The van der Waals surface area contributed by atoms with E-state index in [0.29, 0.717) is 30.2 Å². The molecule has 0 bridgehead atoms. The maximum atomic E-state index is 13.5. The molecule has 0 aliphatic carbocycles. The Morgan fingerprint density at radius 1 is 1.32 bits per heavy atom. The second kappa shape index (κ2) is 4.75. The quantitative estimate of drug-likeness (QED) is 0.914. The van der Waals surface area contributed by atoms with Crippen LogP contribution in [0.5, 0.6) is 0 Å². The van der Waals surface area contributed by atoms with Gasteiger partial charge in [0.25, 0.3) is 5.92 Å². The average molecular weight is 304 g/mol. The van der Waals surface area contributed by atoms with Gasteiger partial charge in [-0.2, -0.15) is 5.10 Å². The fourth-order valence-corrected chi connectivity index (χ4v) is 2.74. The lowest BCUT2D eigenvalue weighted by Gasteiger charge is -2.20. The van der Waals surface area contributed by atoms with Crippen molar-refractivity contribution < 1.29 is 8.78 Å². The first-order valence-electron chi connectivity index (χ1n) is 7.03. The van der Waals surface area contributed by atoms with Crippen molar-refractivity contribution in [3.05, 3.63) is 30.4 Å². The van der Waals surface area contributed by atoms with Gasteiger partial charge in [-0.1, -0.05) is 0 Å². The number of nitrogens with one attached hydrogen (secondary N) is 1. The summed E-state index contributed by atoms with van der Waals surface area (Å²) in [5.41, 5.74) is 2.75. The van der Waals surface area contributed by atoms with Gasteiger partial charge in [-0.25, -0.2) is 18.3 Å². The molecule has 0 radical (unpaired) electrons. The van der Waals surface area contributed by atoms with Gasteiger partial charge in [0.15, 0.2) is 5.65 Å². The molecule has 4 rings (SSSR count). The number of hydrogen-bond acceptors (Lipinski definition) is 5. The van der Waals surface area contributed by atoms with Gasteiger partial charge >= 0.3 is 0 Å². The second-order valence-electron chi connectivity index (χ2n) is 5.41. The first kappa shape index (κ1) is 13.2. The molecule has 2 aliphatic rings. The zero-order valence-electron chi connectivity index (χ0n) is 11.7. The van der Waals surface area contributed by atoms with Crippen LogP contribution in [0.15, 0.2) is 29.7 Å². The number of anilines is 1. The van der Waals surface area contributed by atoms with Gasteiger partial charge < -0.3 is 10.2 Å². The molecule has 114 valence electrons. The van der Waals surface area contributed by atoms with Crippen LogP contribution < -0.4 is 10.2 Å². The highest BCUT2D eigenvalue weighted by Gasteiger charge is 2.39. The second-order valence-corrected chi connectivity index (χ2v) is 5.41. The number of alkyl halides is 2. The van der Waals surface area contributed by atoms with Crippen molar-refractivity contribution in [2.24, 2.45) is 4.99 Å².